The molecule has 0 aromatic heterocycles. The van der Waals surface area contributed by atoms with Gasteiger partial charge in [-0.2, -0.15) is 13.2 Å². The molecule has 0 spiro atoms. The number of alkyl halides is 3. The minimum absolute atomic E-state index is 0.0508. The van der Waals surface area contributed by atoms with Crippen LogP contribution in [-0.2, 0) is 14.8 Å². The first-order valence-electron chi connectivity index (χ1n) is 8.80. The molecule has 1 aliphatic heterocycles. The van der Waals surface area contributed by atoms with Crippen LogP contribution in [0.3, 0.4) is 0 Å². The Morgan fingerprint density at radius 3 is 2.50 bits per heavy atom. The van der Waals surface area contributed by atoms with E-state index in [0.717, 1.165) is 43.7 Å². The molecule has 1 N–H and O–H groups in total. The molecule has 1 saturated heterocycles. The minimum atomic E-state index is -4.42. The number of rotatable bonds is 8. The van der Waals surface area contributed by atoms with Crippen molar-refractivity contribution in [1.29, 1.82) is 0 Å². The van der Waals surface area contributed by atoms with E-state index in [1.165, 1.54) is 0 Å². The van der Waals surface area contributed by atoms with Gasteiger partial charge in [0, 0.05) is 32.1 Å². The van der Waals surface area contributed by atoms with E-state index in [1.807, 2.05) is 0 Å². The Morgan fingerprint density at radius 1 is 1.29 bits per heavy atom. The molecule has 0 aliphatic carbocycles. The van der Waals surface area contributed by atoms with Crippen LogP contribution in [0.2, 0.25) is 0 Å². The average Bonchev–Trinajstić information content (AvgIpc) is 3.05. The quantitative estimate of drug-likeness (QED) is 0.498. The zero-order valence-corrected chi connectivity index (χ0v) is 17.3. The average molecular weight is 440 g/mol. The molecule has 1 unspecified atom stereocenters. The van der Waals surface area contributed by atoms with E-state index in [4.69, 9.17) is 0 Å². The molecule has 2 rings (SSSR count). The van der Waals surface area contributed by atoms with E-state index >= 15 is 0 Å². The lowest BCUT2D eigenvalue weighted by Gasteiger charge is -2.26. The summed E-state index contributed by atoms with van der Waals surface area (Å²) in [5.41, 5.74) is -4.42. The van der Waals surface area contributed by atoms with Crippen molar-refractivity contribution in [3.8, 4) is 0 Å². The molecular formula is C17H24F3N3O3S2. The Balaban J connectivity index is 1.84. The van der Waals surface area contributed by atoms with E-state index < -0.39 is 15.5 Å². The van der Waals surface area contributed by atoms with Gasteiger partial charge in [-0.15, -0.1) is 0 Å². The van der Waals surface area contributed by atoms with Gasteiger partial charge in [0.25, 0.3) is 0 Å². The zero-order valence-electron chi connectivity index (χ0n) is 15.7. The van der Waals surface area contributed by atoms with E-state index in [-0.39, 0.29) is 40.0 Å². The molecule has 1 heterocycles. The smallest absolute Gasteiger partial charge is 0.347 e. The normalized spacial score (nSPS) is 18.4. The lowest BCUT2D eigenvalue weighted by Crippen LogP contribution is -2.43. The fraction of sp³-hybridized carbons (Fsp3) is 0.588. The van der Waals surface area contributed by atoms with Crippen LogP contribution in [-0.4, -0.2) is 69.4 Å². The van der Waals surface area contributed by atoms with Gasteiger partial charge in [0.05, 0.1) is 10.9 Å². The first kappa shape index (κ1) is 23.0. The lowest BCUT2D eigenvalue weighted by molar-refractivity contribution is -0.133. The molecule has 1 amide bonds. The van der Waals surface area contributed by atoms with Crippen LogP contribution < -0.4 is 4.72 Å². The Kier molecular flexibility index (Phi) is 7.77. The van der Waals surface area contributed by atoms with Gasteiger partial charge in [0.1, 0.15) is 0 Å². The van der Waals surface area contributed by atoms with Crippen molar-refractivity contribution >= 4 is 27.7 Å². The lowest BCUT2D eigenvalue weighted by atomic mass is 10.2. The minimum Gasteiger partial charge on any atom is -0.347 e. The van der Waals surface area contributed by atoms with Crippen molar-refractivity contribution < 1.29 is 26.4 Å². The van der Waals surface area contributed by atoms with Gasteiger partial charge in [0.2, 0.25) is 15.9 Å². The highest BCUT2D eigenvalue weighted by atomic mass is 32.2. The number of halogens is 3. The Bertz CT molecular complexity index is 768. The Morgan fingerprint density at radius 2 is 1.93 bits per heavy atom. The van der Waals surface area contributed by atoms with E-state index in [1.54, 1.807) is 19.0 Å². The molecule has 0 saturated carbocycles. The molecule has 1 fully saturated rings. The summed E-state index contributed by atoms with van der Waals surface area (Å²) in [6.45, 7) is 1.57. The van der Waals surface area contributed by atoms with Crippen LogP contribution in [0.1, 0.15) is 19.3 Å². The highest BCUT2D eigenvalue weighted by molar-refractivity contribution is 8.00. The molecule has 0 bridgehead atoms. The summed E-state index contributed by atoms with van der Waals surface area (Å²) in [6.07, 6.45) is 2.25. The fourth-order valence-corrected chi connectivity index (χ4v) is 4.68. The topological polar surface area (TPSA) is 69.7 Å². The summed E-state index contributed by atoms with van der Waals surface area (Å²) in [5, 5.41) is 0. The number of amides is 1. The number of benzene rings is 1. The third kappa shape index (κ3) is 6.64. The van der Waals surface area contributed by atoms with Crippen LogP contribution >= 0.6 is 11.8 Å². The number of nitrogens with one attached hydrogen (secondary N) is 1. The molecule has 1 atom stereocenters. The molecule has 0 radical (unpaired) electrons. The maximum Gasteiger partial charge on any atom is 0.446 e. The SMILES string of the molecule is CN(C)C(=O)C1CCCN1CCCNS(=O)(=O)c1ccc(SC(F)(F)F)cc1. The summed E-state index contributed by atoms with van der Waals surface area (Å²) in [6, 6.07) is 4.42. The molecule has 1 aliphatic rings. The fourth-order valence-electron chi connectivity index (χ4n) is 3.06. The van der Waals surface area contributed by atoms with Gasteiger partial charge in [-0.3, -0.25) is 9.69 Å². The van der Waals surface area contributed by atoms with Crippen molar-refractivity contribution in [2.75, 3.05) is 33.7 Å². The number of likely N-dealkylation sites (N-methyl/N-ethyl adjacent to an activating group) is 1. The van der Waals surface area contributed by atoms with Crippen molar-refractivity contribution in [2.45, 2.75) is 40.6 Å². The van der Waals surface area contributed by atoms with Crippen molar-refractivity contribution in [3.05, 3.63) is 24.3 Å². The summed E-state index contributed by atoms with van der Waals surface area (Å²) >= 11 is -0.292. The van der Waals surface area contributed by atoms with Gasteiger partial charge in [-0.05, 0) is 61.8 Å². The number of likely N-dealkylation sites (tertiary alicyclic amines) is 1. The summed E-state index contributed by atoms with van der Waals surface area (Å²) in [7, 11) is -0.366. The number of hydrogen-bond acceptors (Lipinski definition) is 5. The van der Waals surface area contributed by atoms with Gasteiger partial charge in [-0.25, -0.2) is 13.1 Å². The maximum atomic E-state index is 12.3. The second kappa shape index (κ2) is 9.47. The highest BCUT2D eigenvalue weighted by Gasteiger charge is 2.31. The van der Waals surface area contributed by atoms with E-state index in [9.17, 15) is 26.4 Å². The summed E-state index contributed by atoms with van der Waals surface area (Å²) in [4.78, 5) is 15.6. The van der Waals surface area contributed by atoms with E-state index in [0.29, 0.717) is 13.0 Å². The third-order valence-electron chi connectivity index (χ3n) is 4.37. The first-order valence-corrected chi connectivity index (χ1v) is 11.1. The third-order valence-corrected chi connectivity index (χ3v) is 6.59. The standard InChI is InChI=1S/C17H24F3N3O3S2/c1-22(2)16(24)15-5-3-11-23(15)12-4-10-21-28(25,26)14-8-6-13(7-9-14)27-17(18,19)20/h6-9,15,21H,3-5,10-12H2,1-2H3. The number of carbonyl (C=O) groups is 1. The predicted molar refractivity (Wildman–Crippen MR) is 101 cm³/mol. The number of thioether (sulfide) groups is 1. The predicted octanol–water partition coefficient (Wildman–Crippen LogP) is 2.52. The summed E-state index contributed by atoms with van der Waals surface area (Å²) < 4.78 is 64.0. The molecule has 11 heteroatoms. The summed E-state index contributed by atoms with van der Waals surface area (Å²) in [5.74, 6) is 0.0508. The monoisotopic (exact) mass is 439 g/mol. The van der Waals surface area contributed by atoms with Crippen LogP contribution in [0.4, 0.5) is 13.2 Å². The molecule has 158 valence electrons. The number of sulfonamides is 1. The van der Waals surface area contributed by atoms with Gasteiger partial charge >= 0.3 is 5.51 Å². The molecule has 28 heavy (non-hydrogen) atoms. The number of nitrogens with zero attached hydrogens (tertiary/aromatic N) is 2. The number of carbonyl (C=O) groups excluding carboxylic acids is 1. The zero-order chi connectivity index (χ0) is 20.9. The first-order chi connectivity index (χ1) is 13.0. The molecule has 6 nitrogen and oxygen atoms in total. The van der Waals surface area contributed by atoms with Crippen LogP contribution in [0.25, 0.3) is 0 Å². The van der Waals surface area contributed by atoms with Crippen molar-refractivity contribution in [1.82, 2.24) is 14.5 Å². The second-order valence-corrected chi connectivity index (χ2v) is 9.60. The maximum absolute atomic E-state index is 12.3. The second-order valence-electron chi connectivity index (χ2n) is 6.70. The van der Waals surface area contributed by atoms with Gasteiger partial charge in [0.15, 0.2) is 0 Å². The Hall–Kier alpha value is -1.30. The van der Waals surface area contributed by atoms with Gasteiger partial charge in [-0.1, -0.05) is 0 Å². The highest BCUT2D eigenvalue weighted by Crippen LogP contribution is 2.36. The largest absolute Gasteiger partial charge is 0.446 e. The molecule has 1 aromatic carbocycles. The molecule has 1 aromatic rings. The number of hydrogen-bond donors (Lipinski definition) is 1. The van der Waals surface area contributed by atoms with Crippen LogP contribution in [0, 0.1) is 0 Å². The molecular weight excluding hydrogens is 415 g/mol. The van der Waals surface area contributed by atoms with E-state index in [2.05, 4.69) is 9.62 Å². The van der Waals surface area contributed by atoms with Crippen molar-refractivity contribution in [2.24, 2.45) is 0 Å². The Labute approximate surface area is 167 Å². The van der Waals surface area contributed by atoms with Crippen LogP contribution in [0.5, 0.6) is 0 Å². The van der Waals surface area contributed by atoms with Crippen LogP contribution in [0.15, 0.2) is 34.1 Å². The van der Waals surface area contributed by atoms with Gasteiger partial charge < -0.3 is 4.90 Å². The van der Waals surface area contributed by atoms with Crippen molar-refractivity contribution in [3.63, 3.8) is 0 Å².